The van der Waals surface area contributed by atoms with Gasteiger partial charge in [-0.3, -0.25) is 0 Å². The summed E-state index contributed by atoms with van der Waals surface area (Å²) in [7, 11) is 0. The molecule has 0 radical (unpaired) electrons. The highest BCUT2D eigenvalue weighted by atomic mass is 16.8. The summed E-state index contributed by atoms with van der Waals surface area (Å²) in [5, 5.41) is 157. The quantitative estimate of drug-likeness (QED) is 0.0413. The molecule has 5 saturated heterocycles. The summed E-state index contributed by atoms with van der Waals surface area (Å²) in [5.41, 5.74) is 1.95. The third-order valence-corrected chi connectivity index (χ3v) is 14.4. The van der Waals surface area contributed by atoms with Gasteiger partial charge in [-0.05, 0) is 80.1 Å². The molecule has 5 aliphatic rings. The van der Waals surface area contributed by atoms with Crippen LogP contribution in [0.25, 0.3) is 0 Å². The Bertz CT molecular complexity index is 1840. The van der Waals surface area contributed by atoms with Crippen molar-refractivity contribution in [3.8, 4) is 0 Å². The lowest BCUT2D eigenvalue weighted by Gasteiger charge is -2.47. The van der Waals surface area contributed by atoms with Crippen molar-refractivity contribution in [2.24, 2.45) is 0 Å². The van der Waals surface area contributed by atoms with Crippen LogP contribution in [0.2, 0.25) is 0 Å². The maximum Gasteiger partial charge on any atom is 0.187 e. The highest BCUT2D eigenvalue weighted by Crippen LogP contribution is 2.34. The molecule has 25 heteroatoms. The molecule has 25 nitrogen and oxygen atoms in total. The van der Waals surface area contributed by atoms with E-state index in [1.807, 2.05) is 19.9 Å². The normalized spacial score (nSPS) is 44.3. The van der Waals surface area contributed by atoms with Crippen molar-refractivity contribution in [1.29, 1.82) is 0 Å². The van der Waals surface area contributed by atoms with E-state index >= 15 is 0 Å². The SMILES string of the molecule is C=C[C@](C)(CC/C=C(\C)CC/C=C(\C)CC/C=C(/C)CO[C@@H]1O[C@H](CO[C@@H]2O[C@@H](C)[C@H](O)[C@@H](O)[C@H]2O)[C@@H](O)[C@H](O)[C@H]1O[C@@H]1O[C@H](CO)[C@@H](O)[C@H](O)[C@H]1O)O[C@@H]1O[C@H](CO)[C@@H](O[C@@H]2O[C@@H](C)[C@H](O)[C@@H](O)[C@H]2O)[C@H](O)[C@H]1O. The van der Waals surface area contributed by atoms with E-state index in [0.29, 0.717) is 25.7 Å². The second-order valence-electron chi connectivity index (χ2n) is 20.5. The van der Waals surface area contributed by atoms with Crippen molar-refractivity contribution < 1.29 is 124 Å². The fourth-order valence-corrected chi connectivity index (χ4v) is 9.25. The zero-order valence-electron chi connectivity index (χ0n) is 43.3. The van der Waals surface area contributed by atoms with Gasteiger partial charge in [0.2, 0.25) is 0 Å². The predicted molar refractivity (Wildman–Crippen MR) is 257 cm³/mol. The Balaban J connectivity index is 1.10. The summed E-state index contributed by atoms with van der Waals surface area (Å²) in [4.78, 5) is 0. The average molecular weight is 1090 g/mol. The van der Waals surface area contributed by atoms with Crippen LogP contribution in [-0.2, 0) is 47.4 Å². The molecule has 15 N–H and O–H groups in total. The van der Waals surface area contributed by atoms with Gasteiger partial charge >= 0.3 is 0 Å². The van der Waals surface area contributed by atoms with Crippen LogP contribution in [0.15, 0.2) is 47.6 Å². The lowest BCUT2D eigenvalue weighted by molar-refractivity contribution is -0.371. The first-order valence-corrected chi connectivity index (χ1v) is 25.5. The van der Waals surface area contributed by atoms with Gasteiger partial charge in [-0.25, -0.2) is 0 Å². The summed E-state index contributed by atoms with van der Waals surface area (Å²) < 4.78 is 57.6. The smallest absolute Gasteiger partial charge is 0.187 e. The lowest BCUT2D eigenvalue weighted by atomic mass is 9.95. The molecule has 0 aromatic heterocycles. The van der Waals surface area contributed by atoms with Gasteiger partial charge in [-0.15, -0.1) is 6.58 Å². The summed E-state index contributed by atoms with van der Waals surface area (Å²) in [6.07, 6.45) is -26.3. The van der Waals surface area contributed by atoms with E-state index in [1.165, 1.54) is 13.8 Å². The maximum atomic E-state index is 11.3. The molecule has 0 spiro atoms. The predicted octanol–water partition coefficient (Wildman–Crippen LogP) is -3.73. The molecule has 0 unspecified atom stereocenters. The van der Waals surface area contributed by atoms with Crippen LogP contribution in [0.4, 0.5) is 0 Å². The summed E-state index contributed by atoms with van der Waals surface area (Å²) in [5.74, 6) is 0. The average Bonchev–Trinajstić information content (AvgIpc) is 3.38. The molecule has 5 fully saturated rings. The zero-order valence-corrected chi connectivity index (χ0v) is 43.3. The topological polar surface area (TPSA) is 396 Å². The first kappa shape index (κ1) is 63.8. The van der Waals surface area contributed by atoms with Gasteiger partial charge in [0.05, 0.1) is 44.2 Å². The van der Waals surface area contributed by atoms with Crippen molar-refractivity contribution in [1.82, 2.24) is 0 Å². The molecule has 434 valence electrons. The monoisotopic (exact) mass is 1080 g/mol. The number of rotatable bonds is 24. The third-order valence-electron chi connectivity index (χ3n) is 14.4. The number of ether oxygens (including phenoxy) is 10. The highest BCUT2D eigenvalue weighted by Gasteiger charge is 2.53. The minimum Gasteiger partial charge on any atom is -0.394 e. The molecular formula is C50H84O25. The van der Waals surface area contributed by atoms with Crippen LogP contribution in [0.1, 0.15) is 80.1 Å². The second kappa shape index (κ2) is 28.9. The Labute approximate surface area is 436 Å². The fourth-order valence-electron chi connectivity index (χ4n) is 9.25. The summed E-state index contributed by atoms with van der Waals surface area (Å²) in [6, 6.07) is 0. The van der Waals surface area contributed by atoms with Crippen molar-refractivity contribution >= 4 is 0 Å². The Morgan fingerprint density at radius 2 is 0.907 bits per heavy atom. The second-order valence-corrected chi connectivity index (χ2v) is 20.5. The molecule has 26 atom stereocenters. The molecule has 5 heterocycles. The number of aliphatic hydroxyl groups is 15. The van der Waals surface area contributed by atoms with Crippen molar-refractivity contribution in [2.45, 2.75) is 239 Å². The maximum absolute atomic E-state index is 11.3. The molecule has 0 bridgehead atoms. The first-order valence-electron chi connectivity index (χ1n) is 25.5. The van der Waals surface area contributed by atoms with E-state index in [2.05, 4.69) is 18.7 Å². The van der Waals surface area contributed by atoms with Gasteiger partial charge in [0, 0.05) is 0 Å². The van der Waals surface area contributed by atoms with Crippen LogP contribution in [0.5, 0.6) is 0 Å². The van der Waals surface area contributed by atoms with Gasteiger partial charge in [0.1, 0.15) is 110 Å². The molecule has 0 amide bonds. The van der Waals surface area contributed by atoms with E-state index < -0.39 is 179 Å². The van der Waals surface area contributed by atoms with Crippen LogP contribution in [0.3, 0.4) is 0 Å². The fraction of sp³-hybridized carbons (Fsp3) is 0.840. The van der Waals surface area contributed by atoms with E-state index in [4.69, 9.17) is 47.4 Å². The Morgan fingerprint density at radius 1 is 0.467 bits per heavy atom. The first-order chi connectivity index (χ1) is 35.4. The van der Waals surface area contributed by atoms with Gasteiger partial charge in [-0.2, -0.15) is 0 Å². The minimum atomic E-state index is -1.85. The Hall–Kier alpha value is -2.04. The lowest BCUT2D eigenvalue weighted by Crippen LogP contribution is -2.65. The van der Waals surface area contributed by atoms with E-state index in [-0.39, 0.29) is 6.61 Å². The van der Waals surface area contributed by atoms with Crippen LogP contribution in [0, 0.1) is 0 Å². The van der Waals surface area contributed by atoms with E-state index in [9.17, 15) is 76.6 Å². The van der Waals surface area contributed by atoms with E-state index in [0.717, 1.165) is 29.6 Å². The van der Waals surface area contributed by atoms with Gasteiger partial charge in [-0.1, -0.05) is 41.0 Å². The molecule has 0 aromatic rings. The molecular weight excluding hydrogens is 1000 g/mol. The largest absolute Gasteiger partial charge is 0.394 e. The van der Waals surface area contributed by atoms with Crippen LogP contribution < -0.4 is 0 Å². The Morgan fingerprint density at radius 3 is 1.48 bits per heavy atom. The number of aliphatic hydroxyl groups excluding tert-OH is 15. The van der Waals surface area contributed by atoms with Crippen molar-refractivity contribution in [3.63, 3.8) is 0 Å². The number of hydrogen-bond acceptors (Lipinski definition) is 25. The molecule has 75 heavy (non-hydrogen) atoms. The molecule has 5 rings (SSSR count). The van der Waals surface area contributed by atoms with Crippen molar-refractivity contribution in [3.05, 3.63) is 47.6 Å². The van der Waals surface area contributed by atoms with E-state index in [1.54, 1.807) is 19.9 Å². The van der Waals surface area contributed by atoms with Crippen molar-refractivity contribution in [2.75, 3.05) is 26.4 Å². The molecule has 0 aliphatic carbocycles. The number of allylic oxidation sites excluding steroid dienone is 5. The minimum absolute atomic E-state index is 0.0694. The molecule has 0 saturated carbocycles. The van der Waals surface area contributed by atoms with Crippen LogP contribution in [-0.4, -0.2) is 262 Å². The Kier molecular flexibility index (Phi) is 24.6. The number of hydrogen-bond donors (Lipinski definition) is 15. The molecule has 0 aromatic carbocycles. The summed E-state index contributed by atoms with van der Waals surface area (Å²) in [6.45, 7) is 12.4. The van der Waals surface area contributed by atoms with Gasteiger partial charge in [0.25, 0.3) is 0 Å². The standard InChI is InChI=1S/C50H84O25/c1-8-50(7,75-48-42(65)38(61)43(28(19-52)71-48)73-46-40(63)35(58)31(54)26(6)69-46)17-11-16-23(3)13-9-12-22(2)14-10-15-24(4)20-66-49-44(74-47-41(64)36(59)32(55)27(18-51)70-47)37(60)33(56)29(72-49)21-67-45-39(62)34(57)30(53)25(5)68-45/h8,12,15-16,25-49,51-65H,1,9-11,13-14,17-21H2,2-7H3/b22-12+,23-16+,24-15-/t25-,26-,27+,28+,29+,30-,31-,32+,33+,34+,35+,36-,37-,38+,39+,40+,41+,42+,43+,44+,45+,46-,47-,48-,49+,50+/m0/s1. The third kappa shape index (κ3) is 16.3. The zero-order chi connectivity index (χ0) is 55.6. The highest BCUT2D eigenvalue weighted by molar-refractivity contribution is 5.08. The van der Waals surface area contributed by atoms with Gasteiger partial charge in [0.15, 0.2) is 31.5 Å². The van der Waals surface area contributed by atoms with Crippen LogP contribution >= 0.6 is 0 Å². The van der Waals surface area contributed by atoms with Gasteiger partial charge < -0.3 is 124 Å². The summed E-state index contributed by atoms with van der Waals surface area (Å²) >= 11 is 0. The molecule has 5 aliphatic heterocycles.